The minimum absolute atomic E-state index is 0.355. The van der Waals surface area contributed by atoms with E-state index in [-0.39, 0.29) is 0 Å². The second-order valence-corrected chi connectivity index (χ2v) is 5.60. The predicted octanol–water partition coefficient (Wildman–Crippen LogP) is 4.94. The van der Waals surface area contributed by atoms with E-state index in [0.717, 1.165) is 15.2 Å². The Morgan fingerprint density at radius 2 is 1.65 bits per heavy atom. The van der Waals surface area contributed by atoms with Crippen LogP contribution < -0.4 is 0 Å². The first kappa shape index (κ1) is 12.9. The van der Waals surface area contributed by atoms with E-state index in [2.05, 4.69) is 12.1 Å². The highest BCUT2D eigenvalue weighted by Crippen LogP contribution is 2.31. The zero-order chi connectivity index (χ0) is 13.9. The fourth-order valence-corrected chi connectivity index (χ4v) is 3.04. The van der Waals surface area contributed by atoms with Gasteiger partial charge in [0.2, 0.25) is 0 Å². The van der Waals surface area contributed by atoms with Crippen molar-refractivity contribution in [1.82, 2.24) is 0 Å². The number of carbonyl (C=O) groups is 1. The minimum atomic E-state index is -0.391. The van der Waals surface area contributed by atoms with Gasteiger partial charge in [0.15, 0.2) is 0 Å². The third-order valence-corrected chi connectivity index (χ3v) is 3.95. The van der Waals surface area contributed by atoms with Gasteiger partial charge < -0.3 is 0 Å². The van der Waals surface area contributed by atoms with Crippen molar-refractivity contribution in [2.24, 2.45) is 0 Å². The van der Waals surface area contributed by atoms with E-state index in [1.807, 2.05) is 30.3 Å². The van der Waals surface area contributed by atoms with Crippen molar-refractivity contribution < 1.29 is 9.18 Å². The van der Waals surface area contributed by atoms with Crippen LogP contribution in [0.1, 0.15) is 10.4 Å². The summed E-state index contributed by atoms with van der Waals surface area (Å²) in [5, 5.41) is 2.31. The molecule has 3 aromatic rings. The van der Waals surface area contributed by atoms with Gasteiger partial charge in [-0.05, 0) is 41.1 Å². The van der Waals surface area contributed by atoms with Crippen LogP contribution >= 0.6 is 11.8 Å². The van der Waals surface area contributed by atoms with Gasteiger partial charge in [-0.1, -0.05) is 42.1 Å². The second-order valence-electron chi connectivity index (χ2n) is 4.45. The average molecular weight is 282 g/mol. The van der Waals surface area contributed by atoms with Gasteiger partial charge in [-0.2, -0.15) is 0 Å². The Hall–Kier alpha value is -2.13. The summed E-state index contributed by atoms with van der Waals surface area (Å²) in [6, 6.07) is 18.5. The summed E-state index contributed by atoms with van der Waals surface area (Å²) < 4.78 is 13.4. The number of hydrogen-bond acceptors (Lipinski definition) is 2. The molecule has 0 saturated heterocycles. The molecule has 98 valence electrons. The van der Waals surface area contributed by atoms with Gasteiger partial charge in [-0.15, -0.1) is 0 Å². The topological polar surface area (TPSA) is 17.1 Å². The van der Waals surface area contributed by atoms with E-state index in [1.165, 1.54) is 29.3 Å². The second kappa shape index (κ2) is 5.47. The van der Waals surface area contributed by atoms with E-state index in [0.29, 0.717) is 11.8 Å². The number of rotatable bonds is 3. The number of halogens is 1. The number of hydrogen-bond donors (Lipinski definition) is 0. The standard InChI is InChI=1S/C17H11FOS/c18-15-7-12(11-19)8-17(10-15)20-16-6-5-13-3-1-2-4-14(13)9-16/h1-11H. The molecule has 0 aliphatic carbocycles. The molecule has 0 amide bonds. The van der Waals surface area contributed by atoms with E-state index >= 15 is 0 Å². The van der Waals surface area contributed by atoms with Crippen LogP contribution in [0, 0.1) is 5.82 Å². The zero-order valence-electron chi connectivity index (χ0n) is 10.5. The zero-order valence-corrected chi connectivity index (χ0v) is 11.4. The largest absolute Gasteiger partial charge is 0.298 e. The van der Waals surface area contributed by atoms with Crippen molar-refractivity contribution >= 4 is 28.8 Å². The van der Waals surface area contributed by atoms with Crippen LogP contribution in [-0.4, -0.2) is 6.29 Å². The summed E-state index contributed by atoms with van der Waals surface area (Å²) in [5.74, 6) is -0.391. The maximum atomic E-state index is 13.4. The van der Waals surface area contributed by atoms with Crippen LogP contribution in [0.4, 0.5) is 4.39 Å². The third kappa shape index (κ3) is 2.73. The van der Waals surface area contributed by atoms with Crippen LogP contribution in [-0.2, 0) is 0 Å². The van der Waals surface area contributed by atoms with Gasteiger partial charge in [0.25, 0.3) is 0 Å². The monoisotopic (exact) mass is 282 g/mol. The molecule has 3 aromatic carbocycles. The molecule has 0 aliphatic rings. The van der Waals surface area contributed by atoms with Crippen LogP contribution in [0.25, 0.3) is 10.8 Å². The molecule has 0 unspecified atom stereocenters. The average Bonchev–Trinajstić information content (AvgIpc) is 2.46. The van der Waals surface area contributed by atoms with Crippen molar-refractivity contribution in [3.63, 3.8) is 0 Å². The molecular formula is C17H11FOS. The fourth-order valence-electron chi connectivity index (χ4n) is 2.08. The van der Waals surface area contributed by atoms with Gasteiger partial charge in [0.1, 0.15) is 12.1 Å². The summed E-state index contributed by atoms with van der Waals surface area (Å²) in [6.45, 7) is 0. The summed E-state index contributed by atoms with van der Waals surface area (Å²) in [7, 11) is 0. The van der Waals surface area contributed by atoms with Crippen molar-refractivity contribution in [1.29, 1.82) is 0 Å². The Morgan fingerprint density at radius 3 is 2.45 bits per heavy atom. The molecule has 20 heavy (non-hydrogen) atoms. The molecule has 0 atom stereocenters. The van der Waals surface area contributed by atoms with Gasteiger partial charge in [-0.3, -0.25) is 4.79 Å². The Kier molecular flexibility index (Phi) is 3.52. The molecule has 0 aliphatic heterocycles. The number of aldehydes is 1. The highest BCUT2D eigenvalue weighted by atomic mass is 32.2. The number of fused-ring (bicyclic) bond motifs is 1. The third-order valence-electron chi connectivity index (χ3n) is 2.99. The van der Waals surface area contributed by atoms with E-state index in [4.69, 9.17) is 0 Å². The molecule has 3 rings (SSSR count). The molecule has 0 heterocycles. The highest BCUT2D eigenvalue weighted by Gasteiger charge is 2.03. The maximum absolute atomic E-state index is 13.4. The predicted molar refractivity (Wildman–Crippen MR) is 79.9 cm³/mol. The van der Waals surface area contributed by atoms with Gasteiger partial charge in [-0.25, -0.2) is 4.39 Å². The summed E-state index contributed by atoms with van der Waals surface area (Å²) >= 11 is 1.45. The Balaban J connectivity index is 1.96. The lowest BCUT2D eigenvalue weighted by Crippen LogP contribution is -1.84. The van der Waals surface area contributed by atoms with E-state index < -0.39 is 5.82 Å². The summed E-state index contributed by atoms with van der Waals surface area (Å²) in [4.78, 5) is 12.5. The maximum Gasteiger partial charge on any atom is 0.150 e. The molecule has 0 bridgehead atoms. The van der Waals surface area contributed by atoms with Gasteiger partial charge in [0.05, 0.1) is 0 Å². The van der Waals surface area contributed by atoms with E-state index in [1.54, 1.807) is 6.07 Å². The highest BCUT2D eigenvalue weighted by molar-refractivity contribution is 7.99. The van der Waals surface area contributed by atoms with Crippen LogP contribution in [0.3, 0.4) is 0 Å². The van der Waals surface area contributed by atoms with Crippen LogP contribution in [0.15, 0.2) is 70.5 Å². The minimum Gasteiger partial charge on any atom is -0.298 e. The molecule has 0 fully saturated rings. The van der Waals surface area contributed by atoms with Crippen molar-refractivity contribution in [2.45, 2.75) is 9.79 Å². The van der Waals surface area contributed by atoms with E-state index in [9.17, 15) is 9.18 Å². The molecule has 0 N–H and O–H groups in total. The normalized spacial score (nSPS) is 10.7. The first-order valence-corrected chi connectivity index (χ1v) is 6.99. The summed E-state index contributed by atoms with van der Waals surface area (Å²) in [6.07, 6.45) is 0.660. The lowest BCUT2D eigenvalue weighted by atomic mass is 10.1. The Morgan fingerprint density at radius 1 is 0.850 bits per heavy atom. The van der Waals surface area contributed by atoms with Crippen LogP contribution in [0.5, 0.6) is 0 Å². The molecular weight excluding hydrogens is 271 g/mol. The SMILES string of the molecule is O=Cc1cc(F)cc(Sc2ccc3ccccc3c2)c1. The molecule has 1 nitrogen and oxygen atoms in total. The molecule has 0 aromatic heterocycles. The fraction of sp³-hybridized carbons (Fsp3) is 0. The number of carbonyl (C=O) groups excluding carboxylic acids is 1. The van der Waals surface area contributed by atoms with Crippen molar-refractivity contribution in [3.8, 4) is 0 Å². The quantitative estimate of drug-likeness (QED) is 0.633. The number of benzene rings is 3. The lowest BCUT2D eigenvalue weighted by Gasteiger charge is -2.05. The van der Waals surface area contributed by atoms with Crippen molar-refractivity contribution in [3.05, 3.63) is 72.0 Å². The Labute approximate surface area is 120 Å². The molecule has 0 saturated carbocycles. The van der Waals surface area contributed by atoms with Gasteiger partial charge in [0, 0.05) is 15.4 Å². The summed E-state index contributed by atoms with van der Waals surface area (Å²) in [5.41, 5.74) is 0.355. The Bertz CT molecular complexity index is 783. The molecule has 0 radical (unpaired) electrons. The first-order chi connectivity index (χ1) is 9.74. The van der Waals surface area contributed by atoms with Crippen molar-refractivity contribution in [2.75, 3.05) is 0 Å². The first-order valence-electron chi connectivity index (χ1n) is 6.17. The molecule has 0 spiro atoms. The van der Waals surface area contributed by atoms with Gasteiger partial charge >= 0.3 is 0 Å². The smallest absolute Gasteiger partial charge is 0.150 e. The van der Waals surface area contributed by atoms with Crippen LogP contribution in [0.2, 0.25) is 0 Å². The lowest BCUT2D eigenvalue weighted by molar-refractivity contribution is 0.112. The molecule has 3 heteroatoms.